The zero-order valence-electron chi connectivity index (χ0n) is 9.63. The van der Waals surface area contributed by atoms with Crippen LogP contribution in [-0.4, -0.2) is 22.5 Å². The molecule has 0 fully saturated rings. The molecule has 0 aromatic carbocycles. The van der Waals surface area contributed by atoms with Crippen LogP contribution in [0.5, 0.6) is 0 Å². The van der Waals surface area contributed by atoms with Crippen LogP contribution in [0.15, 0.2) is 34.0 Å². The highest BCUT2D eigenvalue weighted by Crippen LogP contribution is 2.21. The maximum absolute atomic E-state index is 12.0. The standard InChI is InChI=1S/C11H13BrN3OS/c1-13-3-4-15(8-13)11(16)14(2)6-9-5-10(12)17-7-9/h3-5,7-8H,6H2,1-2H3/q+1. The van der Waals surface area contributed by atoms with E-state index in [9.17, 15) is 4.79 Å². The second-order valence-corrected chi connectivity index (χ2v) is 6.17. The molecule has 2 aromatic heterocycles. The van der Waals surface area contributed by atoms with Crippen LogP contribution in [0.1, 0.15) is 5.56 Å². The quantitative estimate of drug-likeness (QED) is 0.782. The Labute approximate surface area is 112 Å². The number of aryl methyl sites for hydroxylation is 1. The van der Waals surface area contributed by atoms with E-state index in [0.29, 0.717) is 6.54 Å². The summed E-state index contributed by atoms with van der Waals surface area (Å²) in [5.41, 5.74) is 1.13. The number of carbonyl (C=O) groups excluding carboxylic acids is 1. The predicted octanol–water partition coefficient (Wildman–Crippen LogP) is 2.24. The van der Waals surface area contributed by atoms with Gasteiger partial charge < -0.3 is 4.90 Å². The SMILES string of the molecule is CN(Cc1csc(Br)c1)C(=O)n1cc[n+](C)c1. The highest BCUT2D eigenvalue weighted by atomic mass is 79.9. The molecule has 90 valence electrons. The summed E-state index contributed by atoms with van der Waals surface area (Å²) >= 11 is 5.04. The van der Waals surface area contributed by atoms with Crippen molar-refractivity contribution in [1.29, 1.82) is 0 Å². The molecule has 0 aliphatic heterocycles. The summed E-state index contributed by atoms with van der Waals surface area (Å²) < 4.78 is 4.50. The summed E-state index contributed by atoms with van der Waals surface area (Å²) in [4.78, 5) is 13.7. The van der Waals surface area contributed by atoms with E-state index in [1.54, 1.807) is 40.4 Å². The molecule has 2 heterocycles. The van der Waals surface area contributed by atoms with Crippen molar-refractivity contribution in [2.75, 3.05) is 7.05 Å². The number of thiophene rings is 1. The zero-order chi connectivity index (χ0) is 12.4. The van der Waals surface area contributed by atoms with Crippen molar-refractivity contribution in [3.63, 3.8) is 0 Å². The topological polar surface area (TPSA) is 29.1 Å². The van der Waals surface area contributed by atoms with Gasteiger partial charge >= 0.3 is 6.03 Å². The van der Waals surface area contributed by atoms with Gasteiger partial charge in [0, 0.05) is 7.05 Å². The first-order valence-corrected chi connectivity index (χ1v) is 6.75. The first kappa shape index (κ1) is 12.3. The van der Waals surface area contributed by atoms with Crippen molar-refractivity contribution in [1.82, 2.24) is 9.47 Å². The molecule has 17 heavy (non-hydrogen) atoms. The van der Waals surface area contributed by atoms with Crippen molar-refractivity contribution >= 4 is 33.3 Å². The molecule has 1 amide bonds. The monoisotopic (exact) mass is 314 g/mol. The second-order valence-electron chi connectivity index (χ2n) is 3.88. The normalized spacial score (nSPS) is 10.5. The number of aromatic nitrogens is 2. The highest BCUT2D eigenvalue weighted by Gasteiger charge is 2.17. The van der Waals surface area contributed by atoms with Gasteiger partial charge in [0.15, 0.2) is 0 Å². The summed E-state index contributed by atoms with van der Waals surface area (Å²) in [5, 5.41) is 2.05. The predicted molar refractivity (Wildman–Crippen MR) is 69.9 cm³/mol. The van der Waals surface area contributed by atoms with Crippen LogP contribution in [0, 0.1) is 0 Å². The van der Waals surface area contributed by atoms with Gasteiger partial charge in [0.25, 0.3) is 6.33 Å². The molecule has 4 nitrogen and oxygen atoms in total. The first-order chi connectivity index (χ1) is 8.06. The zero-order valence-corrected chi connectivity index (χ0v) is 12.0. The molecule has 0 unspecified atom stereocenters. The van der Waals surface area contributed by atoms with Crippen LogP contribution < -0.4 is 4.57 Å². The summed E-state index contributed by atoms with van der Waals surface area (Å²) in [6.07, 6.45) is 5.34. The Bertz CT molecular complexity index is 534. The second kappa shape index (κ2) is 5.01. The van der Waals surface area contributed by atoms with Crippen molar-refractivity contribution in [2.24, 2.45) is 7.05 Å². The lowest BCUT2D eigenvalue weighted by molar-refractivity contribution is -0.670. The third kappa shape index (κ3) is 2.95. The average molecular weight is 315 g/mol. The maximum Gasteiger partial charge on any atom is 0.415 e. The summed E-state index contributed by atoms with van der Waals surface area (Å²) in [5.74, 6) is 0. The van der Waals surface area contributed by atoms with E-state index >= 15 is 0 Å². The van der Waals surface area contributed by atoms with E-state index < -0.39 is 0 Å². The molecule has 0 saturated heterocycles. The Kier molecular flexibility index (Phi) is 3.63. The number of imidazole rings is 1. The van der Waals surface area contributed by atoms with Crippen molar-refractivity contribution < 1.29 is 9.36 Å². The minimum Gasteiger partial charge on any atom is -0.303 e. The molecule has 0 N–H and O–H groups in total. The van der Waals surface area contributed by atoms with Gasteiger partial charge in [-0.05, 0) is 32.9 Å². The molecule has 0 aliphatic carbocycles. The van der Waals surface area contributed by atoms with Crippen molar-refractivity contribution in [3.05, 3.63) is 39.5 Å². The van der Waals surface area contributed by atoms with Crippen LogP contribution in [0.25, 0.3) is 0 Å². The Hall–Kier alpha value is -1.14. The molecule has 6 heteroatoms. The van der Waals surface area contributed by atoms with E-state index in [0.717, 1.165) is 9.35 Å². The minimum atomic E-state index is -0.0343. The van der Waals surface area contributed by atoms with Crippen molar-refractivity contribution in [3.8, 4) is 0 Å². The number of nitrogens with zero attached hydrogens (tertiary/aromatic N) is 3. The number of hydrogen-bond donors (Lipinski definition) is 0. The Morgan fingerprint density at radius 2 is 2.41 bits per heavy atom. The molecule has 0 atom stereocenters. The van der Waals surface area contributed by atoms with Gasteiger partial charge in [-0.3, -0.25) is 0 Å². The smallest absolute Gasteiger partial charge is 0.303 e. The third-order valence-corrected chi connectivity index (χ3v) is 3.91. The molecule has 0 spiro atoms. The molecule has 2 aromatic rings. The van der Waals surface area contributed by atoms with Crippen LogP contribution >= 0.6 is 27.3 Å². The Morgan fingerprint density at radius 3 is 2.94 bits per heavy atom. The van der Waals surface area contributed by atoms with Gasteiger partial charge in [0.2, 0.25) is 0 Å². The van der Waals surface area contributed by atoms with E-state index in [4.69, 9.17) is 0 Å². The number of carbonyl (C=O) groups is 1. The lowest BCUT2D eigenvalue weighted by atomic mass is 10.3. The van der Waals surface area contributed by atoms with Gasteiger partial charge in [-0.25, -0.2) is 9.36 Å². The van der Waals surface area contributed by atoms with Gasteiger partial charge in [0.05, 0.1) is 17.4 Å². The maximum atomic E-state index is 12.0. The number of rotatable bonds is 2. The van der Waals surface area contributed by atoms with Crippen LogP contribution in [-0.2, 0) is 13.6 Å². The van der Waals surface area contributed by atoms with E-state index in [1.807, 2.05) is 29.3 Å². The van der Waals surface area contributed by atoms with Crippen LogP contribution in [0.4, 0.5) is 4.79 Å². The van der Waals surface area contributed by atoms with Gasteiger partial charge in [-0.15, -0.1) is 11.3 Å². The summed E-state index contributed by atoms with van der Waals surface area (Å²) in [6, 6.07) is 2.00. The number of halogens is 1. The summed E-state index contributed by atoms with van der Waals surface area (Å²) in [6.45, 7) is 0.614. The number of amides is 1. The molecule has 0 saturated carbocycles. The van der Waals surface area contributed by atoms with Crippen molar-refractivity contribution in [2.45, 2.75) is 6.54 Å². The fraction of sp³-hybridized carbons (Fsp3) is 0.273. The van der Waals surface area contributed by atoms with E-state index in [-0.39, 0.29) is 6.03 Å². The van der Waals surface area contributed by atoms with Gasteiger partial charge in [0.1, 0.15) is 12.4 Å². The minimum absolute atomic E-state index is 0.0343. The Morgan fingerprint density at radius 1 is 1.65 bits per heavy atom. The molecular formula is C11H13BrN3OS+. The van der Waals surface area contributed by atoms with Gasteiger partial charge in [-0.1, -0.05) is 0 Å². The molecule has 0 bridgehead atoms. The third-order valence-electron chi connectivity index (χ3n) is 2.36. The van der Waals surface area contributed by atoms with E-state index in [1.165, 1.54) is 0 Å². The largest absolute Gasteiger partial charge is 0.415 e. The van der Waals surface area contributed by atoms with Gasteiger partial charge in [-0.2, -0.15) is 4.57 Å². The molecule has 2 rings (SSSR count). The molecular weight excluding hydrogens is 302 g/mol. The van der Waals surface area contributed by atoms with Crippen LogP contribution in [0.2, 0.25) is 0 Å². The number of hydrogen-bond acceptors (Lipinski definition) is 2. The Balaban J connectivity index is 2.05. The lowest BCUT2D eigenvalue weighted by Crippen LogP contribution is -2.32. The fourth-order valence-corrected chi connectivity index (χ4v) is 2.73. The van der Waals surface area contributed by atoms with Crippen LogP contribution in [0.3, 0.4) is 0 Å². The lowest BCUT2D eigenvalue weighted by Gasteiger charge is -2.12. The average Bonchev–Trinajstić information content (AvgIpc) is 2.87. The highest BCUT2D eigenvalue weighted by molar-refractivity contribution is 9.11. The first-order valence-electron chi connectivity index (χ1n) is 5.08. The summed E-state index contributed by atoms with van der Waals surface area (Å²) in [7, 11) is 3.69. The fourth-order valence-electron chi connectivity index (χ4n) is 1.53. The molecule has 0 radical (unpaired) electrons. The molecule has 0 aliphatic rings. The van der Waals surface area contributed by atoms with E-state index in [2.05, 4.69) is 15.9 Å².